The van der Waals surface area contributed by atoms with Gasteiger partial charge < -0.3 is 9.88 Å². The number of benzene rings is 1. The molecule has 0 unspecified atom stereocenters. The van der Waals surface area contributed by atoms with Crippen molar-refractivity contribution in [3.05, 3.63) is 41.7 Å². The lowest BCUT2D eigenvalue weighted by molar-refractivity contribution is -0.137. The van der Waals surface area contributed by atoms with E-state index in [2.05, 4.69) is 10.3 Å². The molecule has 1 aromatic carbocycles. The highest BCUT2D eigenvalue weighted by atomic mass is 19.4. The maximum atomic E-state index is 12.6. The van der Waals surface area contributed by atoms with Crippen molar-refractivity contribution in [3.8, 4) is 0 Å². The Bertz CT molecular complexity index is 573. The van der Waals surface area contributed by atoms with Gasteiger partial charge in [-0.15, -0.1) is 0 Å². The highest BCUT2D eigenvalue weighted by Crippen LogP contribution is 2.31. The quantitative estimate of drug-likeness (QED) is 0.913. The smallest absolute Gasteiger partial charge is 0.326 e. The third-order valence-corrected chi connectivity index (χ3v) is 2.68. The van der Waals surface area contributed by atoms with Crippen LogP contribution in [0.5, 0.6) is 0 Å². The van der Waals surface area contributed by atoms with E-state index in [1.54, 1.807) is 6.07 Å². The van der Waals surface area contributed by atoms with Crippen molar-refractivity contribution in [2.45, 2.75) is 26.6 Å². The third-order valence-electron chi connectivity index (χ3n) is 2.68. The Morgan fingerprint density at radius 2 is 2.05 bits per heavy atom. The molecule has 0 aliphatic rings. The molecule has 0 atom stereocenters. The molecule has 0 spiro atoms. The van der Waals surface area contributed by atoms with E-state index in [1.165, 1.54) is 6.07 Å². The molecular weight excluding hydrogens is 255 g/mol. The minimum absolute atomic E-state index is 0.370. The summed E-state index contributed by atoms with van der Waals surface area (Å²) in [5.74, 6) is 0.541. The maximum Gasteiger partial charge on any atom is 0.416 e. The molecule has 6 heteroatoms. The van der Waals surface area contributed by atoms with Crippen LogP contribution in [0, 0.1) is 6.92 Å². The fourth-order valence-electron chi connectivity index (χ4n) is 1.79. The highest BCUT2D eigenvalue weighted by Gasteiger charge is 2.30. The van der Waals surface area contributed by atoms with Crippen molar-refractivity contribution < 1.29 is 13.2 Å². The first kappa shape index (κ1) is 13.5. The van der Waals surface area contributed by atoms with Gasteiger partial charge in [-0.25, -0.2) is 4.98 Å². The minimum Gasteiger partial charge on any atom is -0.326 e. The van der Waals surface area contributed by atoms with Crippen LogP contribution in [0.25, 0.3) is 0 Å². The second-order valence-electron chi connectivity index (χ2n) is 4.20. The van der Waals surface area contributed by atoms with Gasteiger partial charge in [-0.2, -0.15) is 13.2 Å². The van der Waals surface area contributed by atoms with E-state index in [4.69, 9.17) is 0 Å². The summed E-state index contributed by atoms with van der Waals surface area (Å²) >= 11 is 0. The van der Waals surface area contributed by atoms with Crippen LogP contribution in [0.1, 0.15) is 18.2 Å². The van der Waals surface area contributed by atoms with Gasteiger partial charge in [0.15, 0.2) is 0 Å². The molecule has 0 amide bonds. The minimum atomic E-state index is -4.34. The summed E-state index contributed by atoms with van der Waals surface area (Å²) < 4.78 is 39.7. The van der Waals surface area contributed by atoms with E-state index >= 15 is 0 Å². The summed E-state index contributed by atoms with van der Waals surface area (Å²) in [4.78, 5) is 4.24. The first-order chi connectivity index (χ1) is 8.90. The van der Waals surface area contributed by atoms with Crippen LogP contribution < -0.4 is 5.32 Å². The van der Waals surface area contributed by atoms with Crippen molar-refractivity contribution in [1.29, 1.82) is 0 Å². The Morgan fingerprint density at radius 1 is 1.32 bits per heavy atom. The molecule has 102 valence electrons. The van der Waals surface area contributed by atoms with Gasteiger partial charge in [0.1, 0.15) is 0 Å². The zero-order valence-electron chi connectivity index (χ0n) is 10.6. The highest BCUT2D eigenvalue weighted by molar-refractivity contribution is 5.55. The van der Waals surface area contributed by atoms with Crippen LogP contribution in [0.2, 0.25) is 0 Å². The molecule has 0 saturated heterocycles. The average Bonchev–Trinajstić information content (AvgIpc) is 2.69. The Morgan fingerprint density at radius 3 is 2.68 bits per heavy atom. The SMILES string of the molecule is CCn1cc(C)nc1Nc1cccc(C(F)(F)F)c1. The van der Waals surface area contributed by atoms with E-state index < -0.39 is 11.7 Å². The summed E-state index contributed by atoms with van der Waals surface area (Å²) in [6.45, 7) is 4.48. The maximum absolute atomic E-state index is 12.6. The van der Waals surface area contributed by atoms with Gasteiger partial charge in [0.25, 0.3) is 0 Å². The molecule has 0 aliphatic heterocycles. The fourth-order valence-corrected chi connectivity index (χ4v) is 1.79. The molecule has 0 radical (unpaired) electrons. The van der Waals surface area contributed by atoms with Crippen molar-refractivity contribution in [1.82, 2.24) is 9.55 Å². The second kappa shape index (κ2) is 4.95. The van der Waals surface area contributed by atoms with Crippen LogP contribution >= 0.6 is 0 Å². The summed E-state index contributed by atoms with van der Waals surface area (Å²) in [5, 5.41) is 2.91. The van der Waals surface area contributed by atoms with E-state index in [0.29, 0.717) is 18.2 Å². The number of anilines is 2. The van der Waals surface area contributed by atoms with Crippen LogP contribution in [0.15, 0.2) is 30.5 Å². The van der Waals surface area contributed by atoms with Gasteiger partial charge in [-0.3, -0.25) is 0 Å². The van der Waals surface area contributed by atoms with E-state index in [-0.39, 0.29) is 0 Å². The van der Waals surface area contributed by atoms with Gasteiger partial charge in [0, 0.05) is 18.4 Å². The lowest BCUT2D eigenvalue weighted by Crippen LogP contribution is -2.06. The number of rotatable bonds is 3. The molecule has 1 heterocycles. The lowest BCUT2D eigenvalue weighted by Gasteiger charge is -2.11. The third kappa shape index (κ3) is 3.07. The van der Waals surface area contributed by atoms with Crippen molar-refractivity contribution >= 4 is 11.6 Å². The Balaban J connectivity index is 2.28. The van der Waals surface area contributed by atoms with Gasteiger partial charge in [0.05, 0.1) is 11.3 Å². The molecule has 19 heavy (non-hydrogen) atoms. The normalized spacial score (nSPS) is 11.6. The standard InChI is InChI=1S/C13H14F3N3/c1-3-19-8-9(2)17-12(19)18-11-6-4-5-10(7-11)13(14,15)16/h4-8H,3H2,1-2H3,(H,17,18). The molecule has 2 rings (SSSR count). The first-order valence-electron chi connectivity index (χ1n) is 5.88. The summed E-state index contributed by atoms with van der Waals surface area (Å²) in [7, 11) is 0. The topological polar surface area (TPSA) is 29.9 Å². The number of nitrogens with zero attached hydrogens (tertiary/aromatic N) is 2. The number of imidazole rings is 1. The zero-order valence-corrected chi connectivity index (χ0v) is 10.6. The first-order valence-corrected chi connectivity index (χ1v) is 5.88. The zero-order chi connectivity index (χ0) is 14.0. The molecule has 0 fully saturated rings. The number of halogens is 3. The number of aryl methyl sites for hydroxylation is 2. The van der Waals surface area contributed by atoms with Gasteiger partial charge >= 0.3 is 6.18 Å². The second-order valence-corrected chi connectivity index (χ2v) is 4.20. The van der Waals surface area contributed by atoms with E-state index in [1.807, 2.05) is 24.6 Å². The van der Waals surface area contributed by atoms with E-state index in [9.17, 15) is 13.2 Å². The van der Waals surface area contributed by atoms with Crippen molar-refractivity contribution in [2.75, 3.05) is 5.32 Å². The molecule has 1 N–H and O–H groups in total. The molecule has 0 aliphatic carbocycles. The Labute approximate surface area is 109 Å². The molecule has 0 saturated carbocycles. The summed E-state index contributed by atoms with van der Waals surface area (Å²) in [6.07, 6.45) is -2.50. The summed E-state index contributed by atoms with van der Waals surface area (Å²) in [5.41, 5.74) is 0.510. The Hall–Kier alpha value is -1.98. The number of aromatic nitrogens is 2. The largest absolute Gasteiger partial charge is 0.416 e. The van der Waals surface area contributed by atoms with Crippen LogP contribution in [-0.4, -0.2) is 9.55 Å². The summed E-state index contributed by atoms with van der Waals surface area (Å²) in [6, 6.07) is 5.07. The van der Waals surface area contributed by atoms with Crippen LogP contribution in [0.4, 0.5) is 24.8 Å². The average molecular weight is 269 g/mol. The van der Waals surface area contributed by atoms with Crippen LogP contribution in [-0.2, 0) is 12.7 Å². The predicted octanol–water partition coefficient (Wildman–Crippen LogP) is 3.97. The molecule has 0 bridgehead atoms. The van der Waals surface area contributed by atoms with Crippen molar-refractivity contribution in [2.24, 2.45) is 0 Å². The fraction of sp³-hybridized carbons (Fsp3) is 0.308. The molecule has 3 nitrogen and oxygen atoms in total. The molecule has 1 aromatic heterocycles. The number of alkyl halides is 3. The monoisotopic (exact) mass is 269 g/mol. The van der Waals surface area contributed by atoms with Gasteiger partial charge in [-0.05, 0) is 32.0 Å². The lowest BCUT2D eigenvalue weighted by atomic mass is 10.2. The molecular formula is C13H14F3N3. The van der Waals surface area contributed by atoms with Gasteiger partial charge in [0.2, 0.25) is 5.95 Å². The molecule has 2 aromatic rings. The van der Waals surface area contributed by atoms with Crippen molar-refractivity contribution in [3.63, 3.8) is 0 Å². The number of hydrogen-bond acceptors (Lipinski definition) is 2. The number of hydrogen-bond donors (Lipinski definition) is 1. The van der Waals surface area contributed by atoms with Crippen LogP contribution in [0.3, 0.4) is 0 Å². The predicted molar refractivity (Wildman–Crippen MR) is 67.4 cm³/mol. The van der Waals surface area contributed by atoms with E-state index in [0.717, 1.165) is 17.8 Å². The Kier molecular flexibility index (Phi) is 3.50. The number of nitrogens with one attached hydrogen (secondary N) is 1. The van der Waals surface area contributed by atoms with Gasteiger partial charge in [-0.1, -0.05) is 6.07 Å².